The van der Waals surface area contributed by atoms with Gasteiger partial charge in [0.25, 0.3) is 0 Å². The van der Waals surface area contributed by atoms with Crippen molar-refractivity contribution in [1.29, 1.82) is 0 Å². The zero-order chi connectivity index (χ0) is 20.9. The van der Waals surface area contributed by atoms with E-state index in [4.69, 9.17) is 0 Å². The molecule has 0 spiro atoms. The molecule has 178 valence electrons. The summed E-state index contributed by atoms with van der Waals surface area (Å²) in [5.41, 5.74) is 0. The summed E-state index contributed by atoms with van der Waals surface area (Å²) in [6, 6.07) is 0. The molecule has 0 amide bonds. The summed E-state index contributed by atoms with van der Waals surface area (Å²) in [5.74, 6) is 0.941. The fourth-order valence-electron chi connectivity index (χ4n) is 4.81. The molecule has 2 heteroatoms. The lowest BCUT2D eigenvalue weighted by atomic mass is 9.77. The highest BCUT2D eigenvalue weighted by atomic mass is 35.5. The Kier molecular flexibility index (Phi) is 25.7. The van der Waals surface area contributed by atoms with Crippen molar-refractivity contribution in [3.8, 4) is 0 Å². The van der Waals surface area contributed by atoms with Crippen LogP contribution in [0.25, 0.3) is 0 Å². The average molecular weight is 449 g/mol. The molecular formula is C27H58ClP. The number of hydrogen-bond acceptors (Lipinski definition) is 0. The summed E-state index contributed by atoms with van der Waals surface area (Å²) >= 11 is 0. The minimum atomic E-state index is 0. The first-order chi connectivity index (χ1) is 13.6. The molecule has 0 aromatic heterocycles. The minimum absolute atomic E-state index is 0. The summed E-state index contributed by atoms with van der Waals surface area (Å²) < 4.78 is 0. The van der Waals surface area contributed by atoms with Gasteiger partial charge in [-0.3, -0.25) is 0 Å². The molecule has 0 saturated carbocycles. The van der Waals surface area contributed by atoms with Gasteiger partial charge in [-0.2, -0.15) is 0 Å². The minimum Gasteiger partial charge on any atom is -0.147 e. The topological polar surface area (TPSA) is 0 Å². The first-order valence-corrected chi connectivity index (χ1v) is 14.0. The predicted molar refractivity (Wildman–Crippen MR) is 143 cm³/mol. The Balaban J connectivity index is 0. The van der Waals surface area contributed by atoms with Crippen molar-refractivity contribution in [2.45, 2.75) is 168 Å². The highest BCUT2D eigenvalue weighted by Gasteiger charge is 2.32. The second-order valence-corrected chi connectivity index (χ2v) is 10.8. The van der Waals surface area contributed by atoms with E-state index in [0.29, 0.717) is 5.16 Å². The van der Waals surface area contributed by atoms with Crippen LogP contribution in [-0.4, -0.2) is 5.16 Å². The number of hydrogen-bond donors (Lipinski definition) is 0. The second kappa shape index (κ2) is 23.4. The normalized spacial score (nSPS) is 12.7. The van der Waals surface area contributed by atoms with E-state index >= 15 is 0 Å². The first-order valence-electron chi connectivity index (χ1n) is 13.4. The van der Waals surface area contributed by atoms with Gasteiger partial charge in [0.05, 0.1) is 0 Å². The largest absolute Gasteiger partial charge is 0.147 e. The van der Waals surface area contributed by atoms with Gasteiger partial charge in [0.15, 0.2) is 0 Å². The molecule has 0 aliphatic heterocycles. The van der Waals surface area contributed by atoms with E-state index in [1.807, 2.05) is 0 Å². The van der Waals surface area contributed by atoms with Crippen LogP contribution in [0.2, 0.25) is 0 Å². The van der Waals surface area contributed by atoms with Gasteiger partial charge in [0, 0.05) is 0 Å². The molecule has 0 heterocycles. The molecule has 0 radical (unpaired) electrons. The van der Waals surface area contributed by atoms with Gasteiger partial charge in [-0.15, -0.1) is 21.6 Å². The smallest absolute Gasteiger partial charge is 0.0122 e. The lowest BCUT2D eigenvalue weighted by Crippen LogP contribution is -2.32. The lowest BCUT2D eigenvalue weighted by Gasteiger charge is -2.39. The number of unbranched alkanes of at least 4 members (excludes halogenated alkanes) is 13. The van der Waals surface area contributed by atoms with Crippen LogP contribution in [0.15, 0.2) is 0 Å². The van der Waals surface area contributed by atoms with E-state index in [-0.39, 0.29) is 12.4 Å². The summed E-state index contributed by atoms with van der Waals surface area (Å²) in [7, 11) is 3.45. The molecule has 0 saturated heterocycles. The van der Waals surface area contributed by atoms with Crippen LogP contribution in [0.3, 0.4) is 0 Å². The number of halogens is 1. The summed E-state index contributed by atoms with van der Waals surface area (Å²) in [4.78, 5) is 0. The first kappa shape index (κ1) is 31.9. The molecule has 0 bridgehead atoms. The van der Waals surface area contributed by atoms with E-state index in [9.17, 15) is 0 Å². The molecule has 2 unspecified atom stereocenters. The SMILES string of the molecule is CCCCCCCC(CCCC)C(P)(CCCCCCC)CCCCCCC.Cl. The molecule has 0 aliphatic rings. The zero-order valence-electron chi connectivity index (χ0n) is 20.9. The summed E-state index contributed by atoms with van der Waals surface area (Å²) in [6.45, 7) is 9.36. The molecule has 0 aliphatic carbocycles. The van der Waals surface area contributed by atoms with Crippen molar-refractivity contribution in [2.75, 3.05) is 0 Å². The van der Waals surface area contributed by atoms with E-state index < -0.39 is 0 Å². The highest BCUT2D eigenvalue weighted by Crippen LogP contribution is 2.43. The van der Waals surface area contributed by atoms with Gasteiger partial charge in [0.1, 0.15) is 0 Å². The van der Waals surface area contributed by atoms with Crippen molar-refractivity contribution in [3.63, 3.8) is 0 Å². The molecule has 0 rings (SSSR count). The van der Waals surface area contributed by atoms with Gasteiger partial charge in [-0.25, -0.2) is 0 Å². The van der Waals surface area contributed by atoms with Crippen molar-refractivity contribution < 1.29 is 0 Å². The molecule has 29 heavy (non-hydrogen) atoms. The zero-order valence-corrected chi connectivity index (χ0v) is 22.9. The molecule has 0 fully saturated rings. The van der Waals surface area contributed by atoms with Crippen molar-refractivity contribution in [3.05, 3.63) is 0 Å². The third-order valence-electron chi connectivity index (χ3n) is 6.87. The van der Waals surface area contributed by atoms with Crippen LogP contribution in [0.5, 0.6) is 0 Å². The fourth-order valence-corrected chi connectivity index (χ4v) is 5.55. The molecule has 0 aromatic carbocycles. The van der Waals surface area contributed by atoms with Gasteiger partial charge in [0.2, 0.25) is 0 Å². The van der Waals surface area contributed by atoms with E-state index in [2.05, 4.69) is 36.9 Å². The Morgan fingerprint density at radius 2 is 0.828 bits per heavy atom. The lowest BCUT2D eigenvalue weighted by molar-refractivity contribution is 0.271. The Labute approximate surface area is 195 Å². The fraction of sp³-hybridized carbons (Fsp3) is 1.00. The van der Waals surface area contributed by atoms with Crippen LogP contribution < -0.4 is 0 Å². The van der Waals surface area contributed by atoms with Crippen molar-refractivity contribution >= 4 is 21.6 Å². The van der Waals surface area contributed by atoms with E-state index in [1.54, 1.807) is 0 Å². The monoisotopic (exact) mass is 448 g/mol. The van der Waals surface area contributed by atoms with Crippen LogP contribution in [-0.2, 0) is 0 Å². The quantitative estimate of drug-likeness (QED) is 0.114. The molecule has 0 aromatic rings. The van der Waals surface area contributed by atoms with E-state index in [1.165, 1.54) is 135 Å². The van der Waals surface area contributed by atoms with Crippen LogP contribution >= 0.6 is 21.6 Å². The predicted octanol–water partition coefficient (Wildman–Crippen LogP) is 10.9. The highest BCUT2D eigenvalue weighted by molar-refractivity contribution is 7.19. The molecule has 0 N–H and O–H groups in total. The van der Waals surface area contributed by atoms with Crippen molar-refractivity contribution in [1.82, 2.24) is 0 Å². The Hall–Kier alpha value is 0.720. The number of rotatable bonds is 22. The maximum Gasteiger partial charge on any atom is -0.0122 e. The summed E-state index contributed by atoms with van der Waals surface area (Å²) in [5, 5.41) is 0.526. The molecular weight excluding hydrogens is 391 g/mol. The molecule has 0 nitrogen and oxygen atoms in total. The van der Waals surface area contributed by atoms with E-state index in [0.717, 1.165) is 5.92 Å². The van der Waals surface area contributed by atoms with Crippen LogP contribution in [0.4, 0.5) is 0 Å². The molecule has 2 atom stereocenters. The maximum atomic E-state index is 3.45. The van der Waals surface area contributed by atoms with Gasteiger partial charge >= 0.3 is 0 Å². The average Bonchev–Trinajstić information content (AvgIpc) is 2.69. The van der Waals surface area contributed by atoms with Gasteiger partial charge in [-0.05, 0) is 36.8 Å². The second-order valence-electron chi connectivity index (χ2n) is 9.60. The Morgan fingerprint density at radius 1 is 0.483 bits per heavy atom. The summed E-state index contributed by atoms with van der Waals surface area (Å²) in [6.07, 6.45) is 30.1. The Morgan fingerprint density at radius 3 is 1.24 bits per heavy atom. The van der Waals surface area contributed by atoms with Crippen LogP contribution in [0.1, 0.15) is 163 Å². The van der Waals surface area contributed by atoms with Crippen molar-refractivity contribution in [2.24, 2.45) is 5.92 Å². The third-order valence-corrected chi connectivity index (χ3v) is 7.92. The standard InChI is InChI=1S/C27H57P.ClH/c1-5-9-13-16-19-23-26(22-12-8-4)27(28,24-20-17-14-10-6-2)25-21-18-15-11-7-3;/h26H,5-25,28H2,1-4H3;1H. The third kappa shape index (κ3) is 18.0. The van der Waals surface area contributed by atoms with Gasteiger partial charge in [-0.1, -0.05) is 137 Å². The van der Waals surface area contributed by atoms with Crippen LogP contribution in [0, 0.1) is 5.92 Å². The maximum absolute atomic E-state index is 3.45. The Bertz CT molecular complexity index is 291. The van der Waals surface area contributed by atoms with Gasteiger partial charge < -0.3 is 0 Å².